The Bertz CT molecular complexity index is 5770. The van der Waals surface area contributed by atoms with Gasteiger partial charge in [-0.3, -0.25) is 72.1 Å². The molecule has 7 aliphatic rings. The highest BCUT2D eigenvalue weighted by Crippen LogP contribution is 2.48. The molecule has 0 radical (unpaired) electrons. The molecule has 11 heterocycles. The van der Waals surface area contributed by atoms with Crippen molar-refractivity contribution in [2.24, 2.45) is 0 Å². The number of aromatic hydroxyl groups is 3. The minimum Gasteiger partial charge on any atom is -0.502 e. The van der Waals surface area contributed by atoms with Crippen LogP contribution in [0.1, 0.15) is 143 Å². The number of hydrogen-bond acceptors (Lipinski definition) is 19. The summed E-state index contributed by atoms with van der Waals surface area (Å²) in [6.07, 6.45) is -13.4. The zero-order chi connectivity index (χ0) is 91.5. The molecule has 0 saturated carbocycles. The number of rotatable bonds is 10. The molecule has 0 fully saturated rings. The van der Waals surface area contributed by atoms with Gasteiger partial charge in [0.25, 0.3) is 23.6 Å². The van der Waals surface area contributed by atoms with E-state index in [2.05, 4.69) is 5.43 Å². The summed E-state index contributed by atoms with van der Waals surface area (Å²) in [5.74, 6) is -4.99. The fourth-order valence-electron chi connectivity index (χ4n) is 15.9. The van der Waals surface area contributed by atoms with Gasteiger partial charge in [-0.25, -0.2) is 0 Å². The number of nitrogens with one attached hydrogen (secondary N) is 1. The molecular formula is C89H76F12N12O12S3. The second kappa shape index (κ2) is 35.6. The van der Waals surface area contributed by atoms with Crippen LogP contribution in [0.5, 0.6) is 23.0 Å². The largest absolute Gasteiger partial charge is 0.502 e. The summed E-state index contributed by atoms with van der Waals surface area (Å²) in [7, 11) is 0. The van der Waals surface area contributed by atoms with Gasteiger partial charge in [-0.05, 0) is 102 Å². The Morgan fingerprint density at radius 1 is 0.352 bits per heavy atom. The highest BCUT2D eigenvalue weighted by Gasteiger charge is 2.53. The third-order valence-corrected chi connectivity index (χ3v) is 26.3. The molecule has 4 aromatic heterocycles. The smallest absolute Gasteiger partial charge is 0.408 e. The topological polar surface area (TPSA) is 261 Å². The summed E-state index contributed by atoms with van der Waals surface area (Å²) in [4.78, 5) is 106. The lowest BCUT2D eigenvalue weighted by Crippen LogP contribution is -2.60. The van der Waals surface area contributed by atoms with Crippen molar-refractivity contribution in [1.82, 2.24) is 38.3 Å². The number of halogens is 12. The van der Waals surface area contributed by atoms with Gasteiger partial charge in [0.15, 0.2) is 45.8 Å². The van der Waals surface area contributed by atoms with Gasteiger partial charge in [-0.15, -0.1) is 35.3 Å². The van der Waals surface area contributed by atoms with E-state index < -0.39 is 167 Å². The van der Waals surface area contributed by atoms with Gasteiger partial charge in [0.2, 0.25) is 21.7 Å². The van der Waals surface area contributed by atoms with Gasteiger partial charge in [0, 0.05) is 81.0 Å². The summed E-state index contributed by atoms with van der Waals surface area (Å²) < 4.78 is 173. The monoisotopic (exact) mass is 1830 g/mol. The molecule has 39 heteroatoms. The van der Waals surface area contributed by atoms with Crippen LogP contribution in [0.3, 0.4) is 0 Å². The van der Waals surface area contributed by atoms with E-state index in [-0.39, 0.29) is 24.7 Å². The van der Waals surface area contributed by atoms with Crippen molar-refractivity contribution in [3.63, 3.8) is 0 Å². The first kappa shape index (κ1) is 89.6. The van der Waals surface area contributed by atoms with Gasteiger partial charge in [-0.2, -0.15) is 52.7 Å². The highest BCUT2D eigenvalue weighted by molar-refractivity contribution is 7.99. The Kier molecular flexibility index (Phi) is 24.9. The molecule has 7 aromatic carbocycles. The van der Waals surface area contributed by atoms with Gasteiger partial charge < -0.3 is 45.1 Å². The molecule has 0 bridgehead atoms. The number of thioether (sulfide) groups is 3. The standard InChI is InChI=1S/3C24H20F3N3O3S.C17H16F3N3O3/c3*1-14(24(25,26)27)28-13-30(29-11-10-18(31)22(32)21(29)23(28)33)20-16-7-3-2-6-15(16)12-34-19-9-5-4-8-17(19)20;1-11(17(18,19)20)22-10-21-23-8-7-13(24)15(14(23)16(22)25)26-9-12-5-3-2-4-6-12/h3*2-11,14,20,32H,12-13H2,1H3;2-8,11,21H,9-10H2,1H3/t14-,20?;14-,20+;14-,20-;11-/m1111/s1. The molecular weight excluding hydrogens is 1750 g/mol. The quantitative estimate of drug-likeness (QED) is 0.0928. The van der Waals surface area contributed by atoms with Crippen molar-refractivity contribution in [3.8, 4) is 23.0 Å². The number of benzene rings is 7. The molecule has 7 aliphatic heterocycles. The Balaban J connectivity index is 0.000000132. The van der Waals surface area contributed by atoms with E-state index in [1.54, 1.807) is 74.6 Å². The van der Waals surface area contributed by atoms with E-state index >= 15 is 0 Å². The van der Waals surface area contributed by atoms with Crippen LogP contribution in [-0.2, 0) is 23.9 Å². The van der Waals surface area contributed by atoms with Crippen molar-refractivity contribution in [2.75, 3.05) is 47.1 Å². The Labute approximate surface area is 732 Å². The number of nitrogens with zero attached hydrogens (tertiary/aromatic N) is 11. The molecule has 24 nitrogen and oxygen atoms in total. The minimum atomic E-state index is -4.69. The van der Waals surface area contributed by atoms with E-state index in [0.717, 1.165) is 116 Å². The molecule has 18 rings (SSSR count). The number of ether oxygens (including phenoxy) is 1. The van der Waals surface area contributed by atoms with E-state index in [1.165, 1.54) is 49.6 Å². The van der Waals surface area contributed by atoms with Gasteiger partial charge in [0.05, 0.1) is 18.1 Å². The summed E-state index contributed by atoms with van der Waals surface area (Å²) in [6.45, 7) is 2.06. The lowest BCUT2D eigenvalue weighted by molar-refractivity contribution is -0.173. The van der Waals surface area contributed by atoms with Gasteiger partial charge in [0.1, 0.15) is 57.4 Å². The molecule has 11 aromatic rings. The lowest BCUT2D eigenvalue weighted by atomic mass is 9.94. The van der Waals surface area contributed by atoms with Gasteiger partial charge in [-0.1, -0.05) is 158 Å². The van der Waals surface area contributed by atoms with Crippen LogP contribution in [0.2, 0.25) is 0 Å². The van der Waals surface area contributed by atoms with Crippen LogP contribution in [0.25, 0.3) is 0 Å². The van der Waals surface area contributed by atoms with E-state index in [0.29, 0.717) is 36.9 Å². The molecule has 7 atom stereocenters. The number of aromatic nitrogens is 4. The SMILES string of the molecule is C[C@@H](N1CN(C2c3ccccc3CSc3ccccc32)n2ccc(=O)c(O)c2C1=O)C(F)(F)F.C[C@@H](N1CN([C@@H]2c3ccccc3CSc3ccccc32)n2ccc(=O)c(O)c2C1=O)C(F)(F)F.C[C@@H](N1CN([C@H]2c3ccccc3CSc3ccccc32)n2ccc(=O)c(O)c2C1=O)C(F)(F)F.C[C@@H](N1CNn2ccc(=O)c(OCc3ccccc3)c2C1=O)C(F)(F)F. The number of carbonyl (C=O) groups excluding carboxylic acids is 4. The predicted octanol–water partition coefficient (Wildman–Crippen LogP) is 15.1. The number of pyridine rings is 4. The second-order valence-corrected chi connectivity index (χ2v) is 33.5. The molecule has 4 amide bonds. The first-order valence-corrected chi connectivity index (χ1v) is 42.5. The third kappa shape index (κ3) is 17.3. The normalized spacial score (nSPS) is 17.9. The number of amides is 4. The Hall–Kier alpha value is -13.2. The lowest BCUT2D eigenvalue weighted by Gasteiger charge is -2.46. The summed E-state index contributed by atoms with van der Waals surface area (Å²) in [6, 6.07) is 49.1. The summed E-state index contributed by atoms with van der Waals surface area (Å²) >= 11 is 4.87. The maximum Gasteiger partial charge on any atom is 0.408 e. The fraction of sp³-hybridized carbons (Fsp3) is 0.258. The van der Waals surface area contributed by atoms with E-state index in [4.69, 9.17) is 4.74 Å². The minimum absolute atomic E-state index is 0.00912. The van der Waals surface area contributed by atoms with Crippen molar-refractivity contribution in [2.45, 2.75) is 133 Å². The summed E-state index contributed by atoms with van der Waals surface area (Å²) in [5.41, 5.74) is 6.84. The zero-order valence-corrected chi connectivity index (χ0v) is 70.2. The van der Waals surface area contributed by atoms with Crippen LogP contribution in [-0.4, -0.2) is 153 Å². The second-order valence-electron chi connectivity index (χ2n) is 30.5. The average Bonchev–Trinajstić information content (AvgIpc) is 0.753. The van der Waals surface area contributed by atoms with Crippen LogP contribution in [0.15, 0.2) is 259 Å². The molecule has 0 aliphatic carbocycles. The predicted molar refractivity (Wildman–Crippen MR) is 452 cm³/mol. The number of alkyl halides is 12. The zero-order valence-electron chi connectivity index (χ0n) is 67.8. The first-order chi connectivity index (χ1) is 60.8. The Morgan fingerprint density at radius 2 is 0.633 bits per heavy atom. The first-order valence-electron chi connectivity index (χ1n) is 39.5. The maximum absolute atomic E-state index is 13.7. The van der Waals surface area contributed by atoms with Crippen molar-refractivity contribution in [3.05, 3.63) is 344 Å². The van der Waals surface area contributed by atoms with Crippen molar-refractivity contribution >= 4 is 58.9 Å². The van der Waals surface area contributed by atoms with E-state index in [1.807, 2.05) is 152 Å². The van der Waals surface area contributed by atoms with Crippen molar-refractivity contribution < 1.29 is 91.9 Å². The number of fused-ring (bicyclic) bond motifs is 10. The number of carbonyl (C=O) groups is 4. The molecule has 1 unspecified atom stereocenters. The molecule has 128 heavy (non-hydrogen) atoms. The molecule has 0 spiro atoms. The highest BCUT2D eigenvalue weighted by atomic mass is 32.2. The maximum atomic E-state index is 13.7. The van der Waals surface area contributed by atoms with Crippen LogP contribution in [0, 0.1) is 0 Å². The molecule has 4 N–H and O–H groups in total. The van der Waals surface area contributed by atoms with Crippen LogP contribution < -0.4 is 46.9 Å². The molecule has 666 valence electrons. The summed E-state index contributed by atoms with van der Waals surface area (Å²) in [5, 5.41) is 36.3. The number of hydrogen-bond donors (Lipinski definition) is 4. The average molecular weight is 1830 g/mol. The van der Waals surface area contributed by atoms with Crippen LogP contribution in [0.4, 0.5) is 52.7 Å². The fourth-order valence-corrected chi connectivity index (χ4v) is 19.2. The van der Waals surface area contributed by atoms with Crippen LogP contribution >= 0.6 is 35.3 Å². The van der Waals surface area contributed by atoms with Crippen molar-refractivity contribution in [1.29, 1.82) is 0 Å². The Morgan fingerprint density at radius 3 is 0.961 bits per heavy atom. The third-order valence-electron chi connectivity index (χ3n) is 22.9. The van der Waals surface area contributed by atoms with E-state index in [9.17, 15) is 106 Å². The van der Waals surface area contributed by atoms with Gasteiger partial charge >= 0.3 is 24.7 Å². The molecule has 0 saturated heterocycles.